The first-order valence-electron chi connectivity index (χ1n) is 5.63. The maximum Gasteiger partial charge on any atom is 0.408 e. The third-order valence-corrected chi connectivity index (χ3v) is 2.20. The van der Waals surface area contributed by atoms with Crippen LogP contribution in [0.15, 0.2) is 24.3 Å². The van der Waals surface area contributed by atoms with E-state index in [4.69, 9.17) is 10.5 Å². The number of carbonyl (C=O) groups excluding carboxylic acids is 1. The molecule has 1 rings (SSSR count). The summed E-state index contributed by atoms with van der Waals surface area (Å²) in [5, 5.41) is 2.75. The maximum atomic E-state index is 11.6. The number of hydrogen-bond acceptors (Lipinski definition) is 3. The molecule has 0 saturated heterocycles. The molecule has 0 unspecified atom stereocenters. The van der Waals surface area contributed by atoms with Crippen molar-refractivity contribution in [3.8, 4) is 0 Å². The van der Waals surface area contributed by atoms with Gasteiger partial charge in [0.15, 0.2) is 0 Å². The Hall–Kier alpha value is -1.71. The van der Waals surface area contributed by atoms with Gasteiger partial charge in [-0.3, -0.25) is 0 Å². The van der Waals surface area contributed by atoms with Crippen molar-refractivity contribution in [1.29, 1.82) is 0 Å². The standard InChI is InChI=1S/C13H20N2O2/c1-9(10-7-5-6-8-11(10)14)15-12(16)17-13(2,3)4/h5-9H,14H2,1-4H3,(H,15,16)/t9-/m1/s1. The van der Waals surface area contributed by atoms with E-state index in [1.807, 2.05) is 52.0 Å². The van der Waals surface area contributed by atoms with Gasteiger partial charge in [-0.2, -0.15) is 0 Å². The number of rotatable bonds is 2. The largest absolute Gasteiger partial charge is 0.444 e. The molecule has 4 heteroatoms. The first-order chi connectivity index (χ1) is 7.79. The molecule has 1 aromatic rings. The molecule has 0 bridgehead atoms. The second-order valence-corrected chi connectivity index (χ2v) is 5.00. The molecular formula is C13H20N2O2. The molecule has 0 aromatic heterocycles. The normalized spacial score (nSPS) is 12.9. The van der Waals surface area contributed by atoms with Gasteiger partial charge in [-0.05, 0) is 39.3 Å². The topological polar surface area (TPSA) is 64.3 Å². The van der Waals surface area contributed by atoms with Crippen molar-refractivity contribution < 1.29 is 9.53 Å². The molecule has 0 aliphatic heterocycles. The van der Waals surface area contributed by atoms with Gasteiger partial charge in [0, 0.05) is 5.69 Å². The quantitative estimate of drug-likeness (QED) is 0.776. The number of benzene rings is 1. The van der Waals surface area contributed by atoms with Gasteiger partial charge in [0.25, 0.3) is 0 Å². The van der Waals surface area contributed by atoms with E-state index < -0.39 is 11.7 Å². The second-order valence-electron chi connectivity index (χ2n) is 5.00. The third kappa shape index (κ3) is 4.34. The Kier molecular flexibility index (Phi) is 3.99. The highest BCUT2D eigenvalue weighted by atomic mass is 16.6. The Bertz CT molecular complexity index is 397. The Morgan fingerprint density at radius 2 is 1.94 bits per heavy atom. The van der Waals surface area contributed by atoms with Gasteiger partial charge in [0.2, 0.25) is 0 Å². The van der Waals surface area contributed by atoms with Gasteiger partial charge in [0.1, 0.15) is 5.60 Å². The van der Waals surface area contributed by atoms with Gasteiger partial charge < -0.3 is 15.8 Å². The molecular weight excluding hydrogens is 216 g/mol. The van der Waals surface area contributed by atoms with Gasteiger partial charge in [-0.15, -0.1) is 0 Å². The Morgan fingerprint density at radius 1 is 1.35 bits per heavy atom. The van der Waals surface area contributed by atoms with Crippen molar-refractivity contribution >= 4 is 11.8 Å². The summed E-state index contributed by atoms with van der Waals surface area (Å²) in [6, 6.07) is 7.27. The number of ether oxygens (including phenoxy) is 1. The Balaban J connectivity index is 2.64. The molecule has 4 nitrogen and oxygen atoms in total. The van der Waals surface area contributed by atoms with E-state index in [1.54, 1.807) is 0 Å². The molecule has 0 fully saturated rings. The molecule has 0 radical (unpaired) electrons. The molecule has 0 saturated carbocycles. The SMILES string of the molecule is C[C@@H](NC(=O)OC(C)(C)C)c1ccccc1N. The lowest BCUT2D eigenvalue weighted by Gasteiger charge is -2.22. The van der Waals surface area contributed by atoms with E-state index in [0.717, 1.165) is 5.56 Å². The first kappa shape index (κ1) is 13.4. The summed E-state index contributed by atoms with van der Waals surface area (Å²) in [5.74, 6) is 0. The van der Waals surface area contributed by atoms with E-state index in [9.17, 15) is 4.79 Å². The van der Waals surface area contributed by atoms with Crippen LogP contribution in [0, 0.1) is 0 Å². The molecule has 94 valence electrons. The highest BCUT2D eigenvalue weighted by Crippen LogP contribution is 2.19. The maximum absolute atomic E-state index is 11.6. The number of hydrogen-bond donors (Lipinski definition) is 2. The zero-order valence-corrected chi connectivity index (χ0v) is 10.8. The summed E-state index contributed by atoms with van der Waals surface area (Å²) >= 11 is 0. The molecule has 1 aromatic carbocycles. The summed E-state index contributed by atoms with van der Waals surface area (Å²) in [5.41, 5.74) is 6.89. The molecule has 1 atom stereocenters. The number of nitrogens with one attached hydrogen (secondary N) is 1. The lowest BCUT2D eigenvalue weighted by atomic mass is 10.1. The summed E-state index contributed by atoms with van der Waals surface area (Å²) in [4.78, 5) is 11.6. The van der Waals surface area contributed by atoms with Crippen molar-refractivity contribution in [2.45, 2.75) is 39.3 Å². The van der Waals surface area contributed by atoms with Crippen LogP contribution in [0.2, 0.25) is 0 Å². The van der Waals surface area contributed by atoms with E-state index in [0.29, 0.717) is 5.69 Å². The predicted molar refractivity (Wildman–Crippen MR) is 68.6 cm³/mol. The third-order valence-electron chi connectivity index (χ3n) is 2.20. The number of amides is 1. The fourth-order valence-electron chi connectivity index (χ4n) is 1.47. The number of nitrogen functional groups attached to an aromatic ring is 1. The van der Waals surface area contributed by atoms with Crippen molar-refractivity contribution in [2.75, 3.05) is 5.73 Å². The second kappa shape index (κ2) is 5.08. The Morgan fingerprint density at radius 3 is 2.47 bits per heavy atom. The van der Waals surface area contributed by atoms with Crippen LogP contribution in [0.4, 0.5) is 10.5 Å². The van der Waals surface area contributed by atoms with Crippen LogP contribution in [0.1, 0.15) is 39.3 Å². The highest BCUT2D eigenvalue weighted by Gasteiger charge is 2.18. The van der Waals surface area contributed by atoms with Crippen LogP contribution in [0.3, 0.4) is 0 Å². The van der Waals surface area contributed by atoms with Crippen molar-refractivity contribution in [2.24, 2.45) is 0 Å². The molecule has 0 spiro atoms. The monoisotopic (exact) mass is 236 g/mol. The molecule has 0 aliphatic carbocycles. The number of alkyl carbamates (subject to hydrolysis) is 1. The average molecular weight is 236 g/mol. The van der Waals surface area contributed by atoms with E-state index in [2.05, 4.69) is 5.32 Å². The van der Waals surface area contributed by atoms with E-state index >= 15 is 0 Å². The van der Waals surface area contributed by atoms with Crippen LogP contribution in [0.25, 0.3) is 0 Å². The lowest BCUT2D eigenvalue weighted by Crippen LogP contribution is -2.34. The summed E-state index contributed by atoms with van der Waals surface area (Å²) in [6.07, 6.45) is -0.437. The average Bonchev–Trinajstić information content (AvgIpc) is 2.14. The van der Waals surface area contributed by atoms with Gasteiger partial charge in [-0.1, -0.05) is 18.2 Å². The van der Waals surface area contributed by atoms with Crippen LogP contribution in [-0.4, -0.2) is 11.7 Å². The van der Waals surface area contributed by atoms with E-state index in [1.165, 1.54) is 0 Å². The summed E-state index contributed by atoms with van der Waals surface area (Å²) < 4.78 is 5.18. The van der Waals surface area contributed by atoms with E-state index in [-0.39, 0.29) is 6.04 Å². The van der Waals surface area contributed by atoms with Crippen LogP contribution in [0.5, 0.6) is 0 Å². The van der Waals surface area contributed by atoms with Crippen molar-refractivity contribution in [3.63, 3.8) is 0 Å². The van der Waals surface area contributed by atoms with Crippen molar-refractivity contribution in [1.82, 2.24) is 5.32 Å². The van der Waals surface area contributed by atoms with Gasteiger partial charge in [-0.25, -0.2) is 4.79 Å². The zero-order valence-electron chi connectivity index (χ0n) is 10.8. The summed E-state index contributed by atoms with van der Waals surface area (Å²) in [7, 11) is 0. The molecule has 1 amide bonds. The van der Waals surface area contributed by atoms with Gasteiger partial charge in [0.05, 0.1) is 6.04 Å². The molecule has 3 N–H and O–H groups in total. The van der Waals surface area contributed by atoms with Crippen LogP contribution >= 0.6 is 0 Å². The van der Waals surface area contributed by atoms with Crippen molar-refractivity contribution in [3.05, 3.63) is 29.8 Å². The number of anilines is 1. The van der Waals surface area contributed by atoms with Crippen LogP contribution < -0.4 is 11.1 Å². The van der Waals surface area contributed by atoms with Crippen LogP contribution in [-0.2, 0) is 4.74 Å². The lowest BCUT2D eigenvalue weighted by molar-refractivity contribution is 0.0508. The minimum Gasteiger partial charge on any atom is -0.444 e. The summed E-state index contributed by atoms with van der Waals surface area (Å²) in [6.45, 7) is 7.35. The smallest absolute Gasteiger partial charge is 0.408 e. The van der Waals surface area contributed by atoms with Gasteiger partial charge >= 0.3 is 6.09 Å². The number of carbonyl (C=O) groups is 1. The minimum absolute atomic E-state index is 0.175. The first-order valence-corrected chi connectivity index (χ1v) is 5.63. The Labute approximate surface area is 102 Å². The minimum atomic E-state index is -0.494. The highest BCUT2D eigenvalue weighted by molar-refractivity contribution is 5.69. The molecule has 17 heavy (non-hydrogen) atoms. The number of nitrogens with two attached hydrogens (primary N) is 1. The fraction of sp³-hybridized carbons (Fsp3) is 0.462. The number of para-hydroxylation sites is 1. The molecule has 0 aliphatic rings. The zero-order chi connectivity index (χ0) is 13.1. The fourth-order valence-corrected chi connectivity index (χ4v) is 1.47. The predicted octanol–water partition coefficient (Wildman–Crippen LogP) is 2.85. The molecule has 0 heterocycles.